The molecule has 6 heterocycles. The molecule has 1 unspecified atom stereocenters. The molecule has 0 amide bonds. The number of halogens is 3. The van der Waals surface area contributed by atoms with E-state index in [-0.39, 0.29) is 33.7 Å². The number of hydrogen-bond acceptors (Lipinski definition) is 12. The molecule has 0 spiro atoms. The summed E-state index contributed by atoms with van der Waals surface area (Å²) >= 11 is 5.00. The molecule has 6 aliphatic rings. The molecule has 6 fully saturated rings. The van der Waals surface area contributed by atoms with Crippen LogP contribution in [0.4, 0.5) is 28.6 Å². The number of benzene rings is 3. The van der Waals surface area contributed by atoms with Crippen LogP contribution in [0.25, 0.3) is 0 Å². The molecule has 0 radical (unpaired) electrons. The molecule has 3 atom stereocenters. The van der Waals surface area contributed by atoms with Crippen molar-refractivity contribution in [3.05, 3.63) is 140 Å². The SMILES string of the molecule is CN1CCCC1CCNc1nc(C2(c3ccccc3F)CCCCC2)cs1.CN1CCC[C@@H]1CCNc1nc(C2(c3ccccc3F)CCCCC2)cs1.CN1CCC[C@H]1CCNc1nc(C2(c3ccccc3F)CCCCC2)cs1. The molecule has 438 valence electrons. The third-order valence-corrected chi connectivity index (χ3v) is 21.9. The highest BCUT2D eigenvalue weighted by Crippen LogP contribution is 2.49. The summed E-state index contributed by atoms with van der Waals surface area (Å²) in [6, 6.07) is 24.0. The second-order valence-electron chi connectivity index (χ2n) is 24.5. The van der Waals surface area contributed by atoms with Gasteiger partial charge in [0.1, 0.15) is 17.5 Å². The van der Waals surface area contributed by atoms with E-state index in [4.69, 9.17) is 15.0 Å². The second-order valence-corrected chi connectivity index (χ2v) is 27.0. The Labute approximate surface area is 494 Å². The zero-order valence-corrected chi connectivity index (χ0v) is 51.1. The maximum atomic E-state index is 14.7. The van der Waals surface area contributed by atoms with E-state index in [2.05, 4.69) is 67.9 Å². The van der Waals surface area contributed by atoms with Crippen LogP contribution < -0.4 is 16.0 Å². The molecule has 3 N–H and O–H groups in total. The normalized spacial score (nSPS) is 22.8. The fraction of sp³-hybridized carbons (Fsp3) is 0.591. The van der Waals surface area contributed by atoms with Crippen molar-refractivity contribution in [2.24, 2.45) is 0 Å². The molecule has 0 bridgehead atoms. The van der Waals surface area contributed by atoms with Crippen LogP contribution in [-0.4, -0.2) is 108 Å². The van der Waals surface area contributed by atoms with Crippen molar-refractivity contribution >= 4 is 49.4 Å². The van der Waals surface area contributed by atoms with Crippen LogP contribution >= 0.6 is 34.0 Å². The number of nitrogens with one attached hydrogen (secondary N) is 3. The number of rotatable bonds is 18. The van der Waals surface area contributed by atoms with E-state index in [1.165, 1.54) is 77.4 Å². The van der Waals surface area contributed by atoms with Gasteiger partial charge in [0.25, 0.3) is 0 Å². The summed E-state index contributed by atoms with van der Waals surface area (Å²) in [5, 5.41) is 20.0. The maximum Gasteiger partial charge on any atom is 0.182 e. The zero-order chi connectivity index (χ0) is 56.1. The van der Waals surface area contributed by atoms with Gasteiger partial charge in [-0.25, -0.2) is 28.1 Å². The third-order valence-electron chi connectivity index (χ3n) is 19.5. The van der Waals surface area contributed by atoms with Gasteiger partial charge < -0.3 is 30.7 Å². The highest BCUT2D eigenvalue weighted by Gasteiger charge is 2.42. The van der Waals surface area contributed by atoms with Crippen LogP contribution in [0.5, 0.6) is 0 Å². The van der Waals surface area contributed by atoms with Gasteiger partial charge in [0, 0.05) is 70.1 Å². The van der Waals surface area contributed by atoms with Crippen molar-refractivity contribution < 1.29 is 13.2 Å². The van der Waals surface area contributed by atoms with E-state index in [1.54, 1.807) is 70.4 Å². The van der Waals surface area contributed by atoms with Crippen LogP contribution in [0.2, 0.25) is 0 Å². The van der Waals surface area contributed by atoms with Gasteiger partial charge in [-0.05, 0) is 172 Å². The highest BCUT2D eigenvalue weighted by atomic mass is 32.1. The number of nitrogens with zero attached hydrogens (tertiary/aromatic N) is 6. The maximum absolute atomic E-state index is 14.7. The lowest BCUT2D eigenvalue weighted by Crippen LogP contribution is -2.32. The first kappa shape index (κ1) is 59.8. The van der Waals surface area contributed by atoms with Gasteiger partial charge in [-0.3, -0.25) is 0 Å². The van der Waals surface area contributed by atoms with E-state index in [1.807, 2.05) is 36.4 Å². The highest BCUT2D eigenvalue weighted by molar-refractivity contribution is 7.14. The lowest BCUT2D eigenvalue weighted by molar-refractivity contribution is 0.301. The predicted octanol–water partition coefficient (Wildman–Crippen LogP) is 16.3. The first-order valence-corrected chi connectivity index (χ1v) is 33.7. The Morgan fingerprint density at radius 2 is 0.679 bits per heavy atom. The molecule has 3 aliphatic heterocycles. The van der Waals surface area contributed by atoms with Crippen molar-refractivity contribution in [3.63, 3.8) is 0 Å². The quantitative estimate of drug-likeness (QED) is 0.0779. The lowest BCUT2D eigenvalue weighted by atomic mass is 9.67. The van der Waals surface area contributed by atoms with Crippen LogP contribution in [0.15, 0.2) is 88.9 Å². The molecule has 81 heavy (non-hydrogen) atoms. The number of anilines is 3. The summed E-state index contributed by atoms with van der Waals surface area (Å²) in [7, 11) is 6.67. The van der Waals surface area contributed by atoms with Crippen LogP contribution in [0.1, 0.15) is 188 Å². The van der Waals surface area contributed by atoms with Gasteiger partial charge in [0.05, 0.1) is 17.1 Å². The first-order chi connectivity index (χ1) is 39.6. The monoisotopic (exact) mass is 1160 g/mol. The van der Waals surface area contributed by atoms with Crippen molar-refractivity contribution in [3.8, 4) is 0 Å². The molecule has 3 aromatic carbocycles. The van der Waals surface area contributed by atoms with Gasteiger partial charge in [0.2, 0.25) is 0 Å². The van der Waals surface area contributed by atoms with Crippen molar-refractivity contribution in [1.29, 1.82) is 0 Å². The third kappa shape index (κ3) is 14.2. The van der Waals surface area contributed by atoms with Crippen LogP contribution in [0, 0.1) is 17.5 Å². The Kier molecular flexibility index (Phi) is 21.0. The smallest absolute Gasteiger partial charge is 0.182 e. The largest absolute Gasteiger partial charge is 0.361 e. The zero-order valence-electron chi connectivity index (χ0n) is 48.6. The number of hydrogen-bond donors (Lipinski definition) is 3. The molecule has 12 rings (SSSR count). The molecule has 15 heteroatoms. The van der Waals surface area contributed by atoms with E-state index >= 15 is 0 Å². The summed E-state index contributed by atoms with van der Waals surface area (Å²) in [6.07, 6.45) is 27.8. The Hall–Kier alpha value is -4.38. The summed E-state index contributed by atoms with van der Waals surface area (Å²) < 4.78 is 44.0. The summed E-state index contributed by atoms with van der Waals surface area (Å²) in [4.78, 5) is 22.2. The molecule has 3 aromatic heterocycles. The average Bonchev–Trinajstić information content (AvgIpc) is 4.52. The minimum atomic E-state index is -0.258. The van der Waals surface area contributed by atoms with Gasteiger partial charge >= 0.3 is 0 Å². The van der Waals surface area contributed by atoms with Crippen molar-refractivity contribution in [2.45, 2.75) is 188 Å². The molecule has 3 saturated carbocycles. The molecule has 3 saturated heterocycles. The van der Waals surface area contributed by atoms with Crippen LogP contribution in [0.3, 0.4) is 0 Å². The van der Waals surface area contributed by atoms with Crippen molar-refractivity contribution in [2.75, 3.05) is 76.4 Å². The second kappa shape index (κ2) is 28.5. The Balaban J connectivity index is 0.000000136. The van der Waals surface area contributed by atoms with E-state index in [0.29, 0.717) is 18.1 Å². The molecular formula is C66H90F3N9S3. The number of likely N-dealkylation sites (tertiary alicyclic amines) is 3. The first-order valence-electron chi connectivity index (χ1n) is 31.0. The summed E-state index contributed by atoms with van der Waals surface area (Å²) in [6.45, 7) is 6.52. The Morgan fingerprint density at radius 3 is 0.926 bits per heavy atom. The number of thiazole rings is 3. The van der Waals surface area contributed by atoms with Gasteiger partial charge in [-0.2, -0.15) is 0 Å². The van der Waals surface area contributed by atoms with E-state index < -0.39 is 0 Å². The summed E-state index contributed by atoms with van der Waals surface area (Å²) in [5.41, 5.74) is 4.87. The van der Waals surface area contributed by atoms with Crippen LogP contribution in [-0.2, 0) is 16.2 Å². The molecule has 6 aromatic rings. The lowest BCUT2D eigenvalue weighted by Gasteiger charge is -2.36. The molecule has 9 nitrogen and oxygen atoms in total. The Bertz CT molecular complexity index is 2560. The fourth-order valence-electron chi connectivity index (χ4n) is 14.8. The molecule has 3 aliphatic carbocycles. The topological polar surface area (TPSA) is 84.5 Å². The van der Waals surface area contributed by atoms with Gasteiger partial charge in [-0.15, -0.1) is 34.0 Å². The minimum Gasteiger partial charge on any atom is -0.361 e. The minimum absolute atomic E-state index is 0.0915. The van der Waals surface area contributed by atoms with Gasteiger partial charge in [-0.1, -0.05) is 112 Å². The average molecular weight is 1160 g/mol. The Morgan fingerprint density at radius 1 is 0.407 bits per heavy atom. The fourth-order valence-corrected chi connectivity index (χ4v) is 17.3. The molecular weight excluding hydrogens is 1070 g/mol. The van der Waals surface area contributed by atoms with Gasteiger partial charge in [0.15, 0.2) is 15.4 Å². The van der Waals surface area contributed by atoms with E-state index in [9.17, 15) is 13.2 Å². The number of aromatic nitrogens is 3. The summed E-state index contributed by atoms with van der Waals surface area (Å²) in [5.74, 6) is -0.275. The standard InChI is InChI=1S/3C22H30FN3S/c3*1-26-15-7-8-17(26)11-14-24-21-25-20(16-27-21)22(12-5-2-6-13-22)18-9-3-4-10-19(18)23/h3*3-4,9-10,16-17H,2,5-8,11-15H2,1H3,(H,24,25)/t2*17-;/m10./s1. The predicted molar refractivity (Wildman–Crippen MR) is 333 cm³/mol. The van der Waals surface area contributed by atoms with E-state index in [0.717, 1.165) is 165 Å². The van der Waals surface area contributed by atoms with Crippen molar-refractivity contribution in [1.82, 2.24) is 29.7 Å².